The van der Waals surface area contributed by atoms with Crippen molar-refractivity contribution in [2.75, 3.05) is 23.5 Å². The number of anilines is 1. The van der Waals surface area contributed by atoms with Crippen molar-refractivity contribution in [1.82, 2.24) is 0 Å². The third-order valence-corrected chi connectivity index (χ3v) is 4.72. The van der Waals surface area contributed by atoms with Crippen molar-refractivity contribution in [1.29, 1.82) is 5.41 Å². The molecule has 1 atom stereocenters. The Morgan fingerprint density at radius 3 is 2.94 bits per heavy atom. The van der Waals surface area contributed by atoms with E-state index >= 15 is 0 Å². The molecule has 1 fully saturated rings. The van der Waals surface area contributed by atoms with Gasteiger partial charge in [-0.25, -0.2) is 0 Å². The van der Waals surface area contributed by atoms with Crippen molar-refractivity contribution >= 4 is 39.2 Å². The fourth-order valence-electron chi connectivity index (χ4n) is 2.06. The smallest absolute Gasteiger partial charge is 0.124 e. The minimum atomic E-state index is 0.124. The number of hydrogen-bond acceptors (Lipinski definition) is 3. The predicted molar refractivity (Wildman–Crippen MR) is 79.3 cm³/mol. The fraction of sp³-hybridized carbons (Fsp3) is 0.417. The summed E-state index contributed by atoms with van der Waals surface area (Å²) in [5.74, 6) is 2.50. The molecule has 3 nitrogen and oxygen atoms in total. The normalized spacial score (nSPS) is 19.3. The van der Waals surface area contributed by atoms with Gasteiger partial charge < -0.3 is 10.6 Å². The van der Waals surface area contributed by atoms with Crippen molar-refractivity contribution in [3.63, 3.8) is 0 Å². The molecule has 2 rings (SSSR count). The number of nitrogen functional groups attached to an aromatic ring is 1. The van der Waals surface area contributed by atoms with E-state index in [-0.39, 0.29) is 5.84 Å². The van der Waals surface area contributed by atoms with Crippen molar-refractivity contribution in [3.8, 4) is 0 Å². The molecule has 0 aliphatic carbocycles. The van der Waals surface area contributed by atoms with Crippen LogP contribution in [-0.2, 0) is 0 Å². The van der Waals surface area contributed by atoms with Gasteiger partial charge >= 0.3 is 0 Å². The number of thioether (sulfide) groups is 1. The molecular formula is C12H16BrN3S. The monoisotopic (exact) mass is 313 g/mol. The van der Waals surface area contributed by atoms with Crippen LogP contribution in [0.4, 0.5) is 5.69 Å². The van der Waals surface area contributed by atoms with Crippen LogP contribution in [0.15, 0.2) is 22.7 Å². The topological polar surface area (TPSA) is 53.1 Å². The highest BCUT2D eigenvalue weighted by atomic mass is 79.9. The Morgan fingerprint density at radius 2 is 2.35 bits per heavy atom. The van der Waals surface area contributed by atoms with Crippen molar-refractivity contribution in [3.05, 3.63) is 28.2 Å². The Kier molecular flexibility index (Phi) is 3.99. The van der Waals surface area contributed by atoms with Crippen LogP contribution in [0, 0.1) is 5.41 Å². The largest absolute Gasteiger partial charge is 0.384 e. The first kappa shape index (κ1) is 12.8. The van der Waals surface area contributed by atoms with Crippen LogP contribution in [0.2, 0.25) is 0 Å². The van der Waals surface area contributed by atoms with Gasteiger partial charge in [0.15, 0.2) is 0 Å². The summed E-state index contributed by atoms with van der Waals surface area (Å²) >= 11 is 5.41. The first-order valence-electron chi connectivity index (χ1n) is 5.54. The minimum absolute atomic E-state index is 0.124. The Labute approximate surface area is 114 Å². The summed E-state index contributed by atoms with van der Waals surface area (Å²) in [6.07, 6.45) is 1.20. The van der Waals surface area contributed by atoms with E-state index in [0.717, 1.165) is 21.5 Å². The van der Waals surface area contributed by atoms with Crippen LogP contribution >= 0.6 is 27.7 Å². The van der Waals surface area contributed by atoms with Crippen LogP contribution in [0.25, 0.3) is 0 Å². The molecule has 17 heavy (non-hydrogen) atoms. The first-order valence-corrected chi connectivity index (χ1v) is 7.49. The van der Waals surface area contributed by atoms with E-state index in [0.29, 0.717) is 6.04 Å². The van der Waals surface area contributed by atoms with Crippen molar-refractivity contribution in [2.24, 2.45) is 5.73 Å². The highest BCUT2D eigenvalue weighted by molar-refractivity contribution is 9.10. The third kappa shape index (κ3) is 2.77. The zero-order chi connectivity index (χ0) is 12.4. The summed E-state index contributed by atoms with van der Waals surface area (Å²) in [5, 5.41) is 7.66. The zero-order valence-corrected chi connectivity index (χ0v) is 12.1. The molecule has 0 radical (unpaired) electrons. The summed E-state index contributed by atoms with van der Waals surface area (Å²) in [4.78, 5) is 2.25. The number of amidine groups is 1. The maximum absolute atomic E-state index is 7.66. The number of rotatable bonds is 3. The number of nitrogens with one attached hydrogen (secondary N) is 1. The Hall–Kier alpha value is -0.680. The molecule has 0 amide bonds. The van der Waals surface area contributed by atoms with Gasteiger partial charge in [0.05, 0.1) is 0 Å². The van der Waals surface area contributed by atoms with Gasteiger partial charge in [-0.15, -0.1) is 0 Å². The van der Waals surface area contributed by atoms with Gasteiger partial charge in [0.2, 0.25) is 0 Å². The SMILES string of the molecule is CN(c1ccc(Br)cc1C(=N)N)C1CCSC1. The molecule has 0 spiro atoms. The molecule has 1 aromatic rings. The van der Waals surface area contributed by atoms with Crippen LogP contribution in [0.5, 0.6) is 0 Å². The molecule has 0 aromatic heterocycles. The molecule has 1 aliphatic rings. The molecule has 1 unspecified atom stereocenters. The predicted octanol–water partition coefficient (Wildman–Crippen LogP) is 2.67. The highest BCUT2D eigenvalue weighted by Crippen LogP contribution is 2.29. The van der Waals surface area contributed by atoms with Gasteiger partial charge in [-0.1, -0.05) is 15.9 Å². The summed E-state index contributed by atoms with van der Waals surface area (Å²) in [6, 6.07) is 6.50. The minimum Gasteiger partial charge on any atom is -0.384 e. The van der Waals surface area contributed by atoms with Gasteiger partial charge in [-0.05, 0) is 30.4 Å². The van der Waals surface area contributed by atoms with Gasteiger partial charge in [0.1, 0.15) is 5.84 Å². The molecule has 92 valence electrons. The van der Waals surface area contributed by atoms with E-state index in [9.17, 15) is 0 Å². The Balaban J connectivity index is 2.33. The van der Waals surface area contributed by atoms with Crippen molar-refractivity contribution < 1.29 is 0 Å². The first-order chi connectivity index (χ1) is 8.09. The standard InChI is InChI=1S/C12H16BrN3S/c1-16(9-4-5-17-7-9)11-3-2-8(13)6-10(11)12(14)15/h2-3,6,9H,4-5,7H2,1H3,(H3,14,15). The number of nitrogens with two attached hydrogens (primary N) is 1. The lowest BCUT2D eigenvalue weighted by Gasteiger charge is -2.28. The summed E-state index contributed by atoms with van der Waals surface area (Å²) < 4.78 is 0.959. The van der Waals surface area contributed by atoms with E-state index < -0.39 is 0 Å². The lowest BCUT2D eigenvalue weighted by Crippen LogP contribution is -2.33. The molecule has 1 aromatic carbocycles. The Bertz CT molecular complexity index is 430. The van der Waals surface area contributed by atoms with E-state index in [1.165, 1.54) is 12.2 Å². The van der Waals surface area contributed by atoms with Crippen LogP contribution in [0.1, 0.15) is 12.0 Å². The third-order valence-electron chi connectivity index (χ3n) is 3.08. The second kappa shape index (κ2) is 5.31. The molecule has 1 aliphatic heterocycles. The van der Waals surface area contributed by atoms with Crippen LogP contribution in [-0.4, -0.2) is 30.4 Å². The summed E-state index contributed by atoms with van der Waals surface area (Å²) in [6.45, 7) is 0. The highest BCUT2D eigenvalue weighted by Gasteiger charge is 2.22. The number of halogens is 1. The average molecular weight is 314 g/mol. The van der Waals surface area contributed by atoms with Crippen LogP contribution in [0.3, 0.4) is 0 Å². The molecule has 0 saturated carbocycles. The number of nitrogens with zero attached hydrogens (tertiary/aromatic N) is 1. The summed E-state index contributed by atoms with van der Waals surface area (Å²) in [5.41, 5.74) is 7.50. The van der Waals surface area contributed by atoms with E-state index in [1.807, 2.05) is 30.0 Å². The molecule has 1 saturated heterocycles. The number of hydrogen-bond donors (Lipinski definition) is 2. The molecule has 5 heteroatoms. The number of benzene rings is 1. The molecule has 3 N–H and O–H groups in total. The molecule has 0 bridgehead atoms. The molecule has 1 heterocycles. The van der Waals surface area contributed by atoms with Gasteiger partial charge in [-0.3, -0.25) is 5.41 Å². The van der Waals surface area contributed by atoms with E-state index in [2.05, 4.69) is 27.9 Å². The van der Waals surface area contributed by atoms with Crippen molar-refractivity contribution in [2.45, 2.75) is 12.5 Å². The van der Waals surface area contributed by atoms with E-state index in [4.69, 9.17) is 11.1 Å². The fourth-order valence-corrected chi connectivity index (χ4v) is 3.68. The van der Waals surface area contributed by atoms with E-state index in [1.54, 1.807) is 0 Å². The molecular weight excluding hydrogens is 298 g/mol. The van der Waals surface area contributed by atoms with Crippen LogP contribution < -0.4 is 10.6 Å². The maximum atomic E-state index is 7.66. The van der Waals surface area contributed by atoms with Gasteiger partial charge in [0.25, 0.3) is 0 Å². The van der Waals surface area contributed by atoms with Gasteiger partial charge in [0, 0.05) is 34.6 Å². The lowest BCUT2D eigenvalue weighted by molar-refractivity contribution is 0.699. The lowest BCUT2D eigenvalue weighted by atomic mass is 10.1. The Morgan fingerprint density at radius 1 is 1.59 bits per heavy atom. The second-order valence-electron chi connectivity index (χ2n) is 4.20. The quantitative estimate of drug-likeness (QED) is 0.666. The zero-order valence-electron chi connectivity index (χ0n) is 9.74. The summed E-state index contributed by atoms with van der Waals surface area (Å²) in [7, 11) is 2.09. The second-order valence-corrected chi connectivity index (χ2v) is 6.27. The maximum Gasteiger partial charge on any atom is 0.124 e. The average Bonchev–Trinajstić information content (AvgIpc) is 2.81. The van der Waals surface area contributed by atoms with Gasteiger partial charge in [-0.2, -0.15) is 11.8 Å².